The van der Waals surface area contributed by atoms with Crippen LogP contribution >= 0.6 is 0 Å². The molecule has 1 aliphatic carbocycles. The van der Waals surface area contributed by atoms with E-state index in [1.807, 2.05) is 16.9 Å². The minimum atomic E-state index is -0.816. The van der Waals surface area contributed by atoms with E-state index in [0.29, 0.717) is 11.6 Å². The zero-order chi connectivity index (χ0) is 14.8. The molecule has 0 saturated heterocycles. The first kappa shape index (κ1) is 13.5. The Morgan fingerprint density at radius 1 is 1.24 bits per heavy atom. The first-order valence-corrected chi connectivity index (χ1v) is 7.06. The lowest BCUT2D eigenvalue weighted by molar-refractivity contribution is -0.137. The number of aromatic nitrogens is 2. The third kappa shape index (κ3) is 2.86. The third-order valence-corrected chi connectivity index (χ3v) is 3.43. The standard InChI is InChI=1S/C16H16N2O3/c1-2-21-16(20)15(19)12-5-3-11(4-6-12)14-9-10-18(17-14)13-7-8-13/h3-6,9-10,13H,2,7-8H2,1H3. The molecule has 3 rings (SSSR count). The molecule has 108 valence electrons. The Morgan fingerprint density at radius 2 is 1.95 bits per heavy atom. The van der Waals surface area contributed by atoms with Crippen molar-refractivity contribution in [2.75, 3.05) is 6.61 Å². The summed E-state index contributed by atoms with van der Waals surface area (Å²) >= 11 is 0. The van der Waals surface area contributed by atoms with Crippen molar-refractivity contribution in [3.8, 4) is 11.3 Å². The van der Waals surface area contributed by atoms with E-state index in [0.717, 1.165) is 11.3 Å². The summed E-state index contributed by atoms with van der Waals surface area (Å²) in [6.45, 7) is 1.87. The Kier molecular flexibility index (Phi) is 3.56. The van der Waals surface area contributed by atoms with Gasteiger partial charge in [-0.15, -0.1) is 0 Å². The van der Waals surface area contributed by atoms with Gasteiger partial charge in [-0.3, -0.25) is 9.48 Å². The van der Waals surface area contributed by atoms with Crippen LogP contribution in [0.1, 0.15) is 36.2 Å². The topological polar surface area (TPSA) is 61.2 Å². The van der Waals surface area contributed by atoms with Crippen LogP contribution in [0, 0.1) is 0 Å². The summed E-state index contributed by atoms with van der Waals surface area (Å²) in [5.74, 6) is -1.44. The van der Waals surface area contributed by atoms with Gasteiger partial charge in [0.2, 0.25) is 0 Å². The highest BCUT2D eigenvalue weighted by Crippen LogP contribution is 2.34. The maximum Gasteiger partial charge on any atom is 0.379 e. The number of carbonyl (C=O) groups is 2. The average molecular weight is 284 g/mol. The summed E-state index contributed by atoms with van der Waals surface area (Å²) in [6.07, 6.45) is 4.35. The van der Waals surface area contributed by atoms with Crippen LogP contribution in [0.5, 0.6) is 0 Å². The second kappa shape index (κ2) is 5.52. The molecule has 1 fully saturated rings. The second-order valence-corrected chi connectivity index (χ2v) is 5.04. The largest absolute Gasteiger partial charge is 0.460 e. The lowest BCUT2D eigenvalue weighted by Gasteiger charge is -2.02. The summed E-state index contributed by atoms with van der Waals surface area (Å²) in [6, 6.07) is 9.36. The fourth-order valence-corrected chi connectivity index (χ4v) is 2.14. The van der Waals surface area contributed by atoms with Crippen molar-refractivity contribution in [3.63, 3.8) is 0 Å². The fourth-order valence-electron chi connectivity index (χ4n) is 2.14. The second-order valence-electron chi connectivity index (χ2n) is 5.04. The number of hydrogen-bond acceptors (Lipinski definition) is 4. The van der Waals surface area contributed by atoms with Crippen LogP contribution in [0.15, 0.2) is 36.5 Å². The molecule has 0 bridgehead atoms. The van der Waals surface area contributed by atoms with Gasteiger partial charge in [0.1, 0.15) is 0 Å². The minimum absolute atomic E-state index is 0.196. The molecule has 5 nitrogen and oxygen atoms in total. The van der Waals surface area contributed by atoms with Crippen molar-refractivity contribution >= 4 is 11.8 Å². The molecule has 0 aliphatic heterocycles. The minimum Gasteiger partial charge on any atom is -0.460 e. The molecule has 1 aliphatic rings. The Bertz CT molecular complexity index is 669. The highest BCUT2D eigenvalue weighted by Gasteiger charge is 2.24. The van der Waals surface area contributed by atoms with Gasteiger partial charge in [-0.2, -0.15) is 5.10 Å². The van der Waals surface area contributed by atoms with Crippen LogP contribution in [-0.4, -0.2) is 28.1 Å². The summed E-state index contributed by atoms with van der Waals surface area (Å²) in [7, 11) is 0. The molecule has 2 aromatic rings. The smallest absolute Gasteiger partial charge is 0.379 e. The molecule has 1 saturated carbocycles. The molecule has 1 aromatic carbocycles. The van der Waals surface area contributed by atoms with Crippen LogP contribution in [0.3, 0.4) is 0 Å². The van der Waals surface area contributed by atoms with E-state index >= 15 is 0 Å². The predicted octanol–water partition coefficient (Wildman–Crippen LogP) is 2.63. The van der Waals surface area contributed by atoms with Crippen LogP contribution in [0.4, 0.5) is 0 Å². The average Bonchev–Trinajstić information content (AvgIpc) is 3.24. The lowest BCUT2D eigenvalue weighted by atomic mass is 10.1. The number of rotatable bonds is 5. The Balaban J connectivity index is 1.76. The molecule has 0 amide bonds. The van der Waals surface area contributed by atoms with Gasteiger partial charge in [0.25, 0.3) is 5.78 Å². The number of hydrogen-bond donors (Lipinski definition) is 0. The van der Waals surface area contributed by atoms with Crippen LogP contribution in [0.25, 0.3) is 11.3 Å². The molecular weight excluding hydrogens is 268 g/mol. The van der Waals surface area contributed by atoms with E-state index in [2.05, 4.69) is 5.10 Å². The van der Waals surface area contributed by atoms with Gasteiger partial charge in [-0.05, 0) is 25.8 Å². The zero-order valence-electron chi connectivity index (χ0n) is 11.8. The monoisotopic (exact) mass is 284 g/mol. The highest BCUT2D eigenvalue weighted by atomic mass is 16.5. The Hall–Kier alpha value is -2.43. The van der Waals surface area contributed by atoms with Crippen LogP contribution in [-0.2, 0) is 9.53 Å². The van der Waals surface area contributed by atoms with Gasteiger partial charge in [-0.25, -0.2) is 4.79 Å². The maximum atomic E-state index is 11.8. The number of ketones is 1. The molecule has 21 heavy (non-hydrogen) atoms. The fraction of sp³-hybridized carbons (Fsp3) is 0.312. The highest BCUT2D eigenvalue weighted by molar-refractivity contribution is 6.40. The lowest BCUT2D eigenvalue weighted by Crippen LogP contribution is -2.17. The zero-order valence-corrected chi connectivity index (χ0v) is 11.8. The molecular formula is C16H16N2O3. The molecule has 0 atom stereocenters. The van der Waals surface area contributed by atoms with E-state index in [1.165, 1.54) is 12.8 Å². The van der Waals surface area contributed by atoms with E-state index in [1.54, 1.807) is 31.2 Å². The van der Waals surface area contributed by atoms with E-state index in [4.69, 9.17) is 4.74 Å². The normalized spacial score (nSPS) is 14.0. The van der Waals surface area contributed by atoms with Crippen molar-refractivity contribution in [1.29, 1.82) is 0 Å². The van der Waals surface area contributed by atoms with Gasteiger partial charge >= 0.3 is 5.97 Å². The molecule has 5 heteroatoms. The predicted molar refractivity (Wildman–Crippen MR) is 76.9 cm³/mol. The van der Waals surface area contributed by atoms with Gasteiger partial charge in [0.15, 0.2) is 0 Å². The summed E-state index contributed by atoms with van der Waals surface area (Å²) < 4.78 is 6.68. The van der Waals surface area contributed by atoms with Gasteiger partial charge in [0, 0.05) is 17.3 Å². The number of esters is 1. The molecule has 1 aromatic heterocycles. The number of Topliss-reactive ketones (excluding diaryl/α,β-unsaturated/α-hetero) is 1. The first-order chi connectivity index (χ1) is 10.2. The number of carbonyl (C=O) groups excluding carboxylic acids is 2. The van der Waals surface area contributed by atoms with E-state index in [-0.39, 0.29) is 6.61 Å². The number of nitrogens with zero attached hydrogens (tertiary/aromatic N) is 2. The quantitative estimate of drug-likeness (QED) is 0.481. The maximum absolute atomic E-state index is 11.8. The van der Waals surface area contributed by atoms with Gasteiger partial charge in [0.05, 0.1) is 18.3 Å². The SMILES string of the molecule is CCOC(=O)C(=O)c1ccc(-c2ccn(C3CC3)n2)cc1. The molecule has 0 N–H and O–H groups in total. The van der Waals surface area contributed by atoms with Crippen LogP contribution < -0.4 is 0 Å². The van der Waals surface area contributed by atoms with Gasteiger partial charge < -0.3 is 4.74 Å². The van der Waals surface area contributed by atoms with E-state index in [9.17, 15) is 9.59 Å². The van der Waals surface area contributed by atoms with Crippen molar-refractivity contribution in [2.45, 2.75) is 25.8 Å². The van der Waals surface area contributed by atoms with Crippen molar-refractivity contribution in [2.24, 2.45) is 0 Å². The summed E-state index contributed by atoms with van der Waals surface area (Å²) in [4.78, 5) is 23.2. The summed E-state index contributed by atoms with van der Waals surface area (Å²) in [5.41, 5.74) is 2.13. The van der Waals surface area contributed by atoms with Crippen molar-refractivity contribution in [3.05, 3.63) is 42.1 Å². The van der Waals surface area contributed by atoms with Crippen LogP contribution in [0.2, 0.25) is 0 Å². The summed E-state index contributed by atoms with van der Waals surface area (Å²) in [5, 5.41) is 4.52. The van der Waals surface area contributed by atoms with Crippen molar-refractivity contribution < 1.29 is 14.3 Å². The Morgan fingerprint density at radius 3 is 2.57 bits per heavy atom. The Labute approximate surface area is 122 Å². The molecule has 0 radical (unpaired) electrons. The van der Waals surface area contributed by atoms with Crippen molar-refractivity contribution in [1.82, 2.24) is 9.78 Å². The van der Waals surface area contributed by atoms with Gasteiger partial charge in [-0.1, -0.05) is 24.3 Å². The number of benzene rings is 1. The van der Waals surface area contributed by atoms with E-state index < -0.39 is 11.8 Å². The first-order valence-electron chi connectivity index (χ1n) is 7.06. The number of ether oxygens (including phenoxy) is 1. The molecule has 0 unspecified atom stereocenters. The molecule has 0 spiro atoms. The molecule has 1 heterocycles. The third-order valence-electron chi connectivity index (χ3n) is 3.43.